The Labute approximate surface area is 145 Å². The van der Waals surface area contributed by atoms with E-state index in [1.165, 1.54) is 12.1 Å². The van der Waals surface area contributed by atoms with Crippen molar-refractivity contribution in [2.75, 3.05) is 11.9 Å². The van der Waals surface area contributed by atoms with E-state index in [1.807, 2.05) is 20.8 Å². The molecule has 1 aromatic carbocycles. The van der Waals surface area contributed by atoms with Gasteiger partial charge in [-0.3, -0.25) is 14.4 Å². The van der Waals surface area contributed by atoms with Crippen LogP contribution in [-0.4, -0.2) is 23.4 Å². The highest BCUT2D eigenvalue weighted by molar-refractivity contribution is 6.08. The fourth-order valence-corrected chi connectivity index (χ4v) is 2.29. The van der Waals surface area contributed by atoms with E-state index in [1.54, 1.807) is 18.2 Å². The summed E-state index contributed by atoms with van der Waals surface area (Å²) in [6, 6.07) is 7.46. The zero-order chi connectivity index (χ0) is 18.6. The van der Waals surface area contributed by atoms with Gasteiger partial charge in [-0.05, 0) is 37.1 Å². The maximum absolute atomic E-state index is 12.5. The lowest BCUT2D eigenvalue weighted by molar-refractivity contribution is 0.100. The van der Waals surface area contributed by atoms with Crippen molar-refractivity contribution in [2.45, 2.75) is 26.7 Å². The predicted molar refractivity (Wildman–Crippen MR) is 95.2 cm³/mol. The average Bonchev–Trinajstić information content (AvgIpc) is 2.55. The second-order valence-corrected chi connectivity index (χ2v) is 5.80. The van der Waals surface area contributed by atoms with Crippen LogP contribution >= 0.6 is 0 Å². The molecule has 7 heteroatoms. The summed E-state index contributed by atoms with van der Waals surface area (Å²) in [6.07, 6.45) is 0. The molecule has 0 aliphatic heterocycles. The quantitative estimate of drug-likeness (QED) is 0.746. The Bertz CT molecular complexity index is 856. The summed E-state index contributed by atoms with van der Waals surface area (Å²) in [7, 11) is 0. The zero-order valence-corrected chi connectivity index (χ0v) is 14.4. The Balaban J connectivity index is 2.35. The number of hydrogen-bond donors (Lipinski definition) is 3. The van der Waals surface area contributed by atoms with Gasteiger partial charge in [0.25, 0.3) is 11.8 Å². The molecule has 4 N–H and O–H groups in total. The standard InChI is InChI=1S/C18H21N3O4/c1-4-25-12-5-6-14(13(9-12)17(19)23)21-18(24)11-7-15(10(2)3)20-16(22)8-11/h5-10H,4H2,1-3H3,(H2,19,23)(H,20,22)(H,21,24). The van der Waals surface area contributed by atoms with Gasteiger partial charge in [0, 0.05) is 17.3 Å². The van der Waals surface area contributed by atoms with Gasteiger partial charge in [0.15, 0.2) is 0 Å². The Morgan fingerprint density at radius 1 is 1.24 bits per heavy atom. The number of H-pyrrole nitrogens is 1. The number of pyridine rings is 1. The lowest BCUT2D eigenvalue weighted by atomic mass is 10.1. The Morgan fingerprint density at radius 2 is 1.96 bits per heavy atom. The number of nitrogens with two attached hydrogens (primary N) is 1. The summed E-state index contributed by atoms with van der Waals surface area (Å²) >= 11 is 0. The number of nitrogens with one attached hydrogen (secondary N) is 2. The van der Waals surface area contributed by atoms with Crippen LogP contribution in [0.15, 0.2) is 35.1 Å². The van der Waals surface area contributed by atoms with Crippen molar-refractivity contribution in [1.82, 2.24) is 4.98 Å². The van der Waals surface area contributed by atoms with E-state index in [0.717, 1.165) is 0 Å². The maximum Gasteiger partial charge on any atom is 0.255 e. The number of ether oxygens (including phenoxy) is 1. The van der Waals surface area contributed by atoms with Gasteiger partial charge < -0.3 is 20.8 Å². The number of benzene rings is 1. The van der Waals surface area contributed by atoms with Gasteiger partial charge in [-0.15, -0.1) is 0 Å². The van der Waals surface area contributed by atoms with Crippen LogP contribution in [0.3, 0.4) is 0 Å². The van der Waals surface area contributed by atoms with Gasteiger partial charge in [0.2, 0.25) is 5.56 Å². The molecule has 25 heavy (non-hydrogen) atoms. The smallest absolute Gasteiger partial charge is 0.255 e. The topological polar surface area (TPSA) is 114 Å². The number of carbonyl (C=O) groups excluding carboxylic acids is 2. The molecule has 0 bridgehead atoms. The number of carbonyl (C=O) groups is 2. The minimum Gasteiger partial charge on any atom is -0.494 e. The highest BCUT2D eigenvalue weighted by Gasteiger charge is 2.15. The molecule has 132 valence electrons. The Hall–Kier alpha value is -3.09. The molecule has 0 spiro atoms. The molecule has 1 heterocycles. The number of aromatic nitrogens is 1. The van der Waals surface area contributed by atoms with E-state index in [9.17, 15) is 14.4 Å². The molecule has 2 aromatic rings. The van der Waals surface area contributed by atoms with Crippen LogP contribution in [0.25, 0.3) is 0 Å². The molecule has 0 saturated heterocycles. The van der Waals surface area contributed by atoms with Crippen LogP contribution in [0.1, 0.15) is 53.1 Å². The molecule has 0 saturated carbocycles. The zero-order valence-electron chi connectivity index (χ0n) is 14.4. The summed E-state index contributed by atoms with van der Waals surface area (Å²) in [6.45, 7) is 6.07. The summed E-state index contributed by atoms with van der Waals surface area (Å²) < 4.78 is 5.33. The molecule has 0 radical (unpaired) electrons. The average molecular weight is 343 g/mol. The van der Waals surface area contributed by atoms with E-state index in [-0.39, 0.29) is 28.3 Å². The fraction of sp³-hybridized carbons (Fsp3) is 0.278. The molecule has 7 nitrogen and oxygen atoms in total. The summed E-state index contributed by atoms with van der Waals surface area (Å²) in [5, 5.41) is 2.62. The first kappa shape index (κ1) is 18.3. The maximum atomic E-state index is 12.5. The van der Waals surface area contributed by atoms with Crippen LogP contribution in [0.2, 0.25) is 0 Å². The van der Waals surface area contributed by atoms with Crippen LogP contribution < -0.4 is 21.3 Å². The van der Waals surface area contributed by atoms with Crippen LogP contribution in [0.5, 0.6) is 5.75 Å². The van der Waals surface area contributed by atoms with Gasteiger partial charge in [0.1, 0.15) is 5.75 Å². The summed E-state index contributed by atoms with van der Waals surface area (Å²) in [5.74, 6) is -0.648. The van der Waals surface area contributed by atoms with Crippen molar-refractivity contribution in [3.63, 3.8) is 0 Å². The number of amides is 2. The van der Waals surface area contributed by atoms with Crippen molar-refractivity contribution in [3.05, 3.63) is 57.5 Å². The first-order valence-electron chi connectivity index (χ1n) is 7.94. The summed E-state index contributed by atoms with van der Waals surface area (Å²) in [5.41, 5.74) is 6.27. The van der Waals surface area contributed by atoms with E-state index in [4.69, 9.17) is 10.5 Å². The molecule has 2 rings (SSSR count). The van der Waals surface area contributed by atoms with E-state index in [2.05, 4.69) is 10.3 Å². The van der Waals surface area contributed by atoms with Crippen molar-refractivity contribution in [1.29, 1.82) is 0 Å². The third-order valence-corrected chi connectivity index (χ3v) is 3.57. The normalized spacial score (nSPS) is 10.6. The van der Waals surface area contributed by atoms with Crippen molar-refractivity contribution >= 4 is 17.5 Å². The lowest BCUT2D eigenvalue weighted by Gasteiger charge is -2.12. The van der Waals surface area contributed by atoms with Gasteiger partial charge in [-0.25, -0.2) is 0 Å². The third-order valence-electron chi connectivity index (χ3n) is 3.57. The third kappa shape index (κ3) is 4.47. The molecular weight excluding hydrogens is 322 g/mol. The van der Waals surface area contributed by atoms with Crippen molar-refractivity contribution in [2.24, 2.45) is 5.73 Å². The van der Waals surface area contributed by atoms with Gasteiger partial charge in [0.05, 0.1) is 17.9 Å². The van der Waals surface area contributed by atoms with Crippen molar-refractivity contribution in [3.8, 4) is 5.75 Å². The highest BCUT2D eigenvalue weighted by Crippen LogP contribution is 2.23. The monoisotopic (exact) mass is 343 g/mol. The number of rotatable bonds is 6. The second kappa shape index (κ2) is 7.65. The van der Waals surface area contributed by atoms with Crippen LogP contribution in [0, 0.1) is 0 Å². The number of anilines is 1. The number of primary amides is 1. The predicted octanol–water partition coefficient (Wildman–Crippen LogP) is 2.25. The van der Waals surface area contributed by atoms with E-state index >= 15 is 0 Å². The molecule has 0 unspecified atom stereocenters. The molecule has 0 fully saturated rings. The van der Waals surface area contributed by atoms with E-state index in [0.29, 0.717) is 18.1 Å². The molecule has 0 aliphatic rings. The SMILES string of the molecule is CCOc1ccc(NC(=O)c2cc(C(C)C)[nH]c(=O)c2)c(C(N)=O)c1. The van der Waals surface area contributed by atoms with Gasteiger partial charge >= 0.3 is 0 Å². The van der Waals surface area contributed by atoms with Gasteiger partial charge in [-0.2, -0.15) is 0 Å². The fourth-order valence-electron chi connectivity index (χ4n) is 2.29. The molecule has 0 atom stereocenters. The molecule has 2 amide bonds. The summed E-state index contributed by atoms with van der Waals surface area (Å²) in [4.78, 5) is 38.6. The first-order valence-corrected chi connectivity index (χ1v) is 7.94. The Kier molecular flexibility index (Phi) is 5.59. The molecule has 1 aromatic heterocycles. The van der Waals surface area contributed by atoms with Crippen LogP contribution in [0.4, 0.5) is 5.69 Å². The number of hydrogen-bond acceptors (Lipinski definition) is 4. The first-order chi connectivity index (χ1) is 11.8. The van der Waals surface area contributed by atoms with Crippen LogP contribution in [-0.2, 0) is 0 Å². The minimum absolute atomic E-state index is 0.0621. The highest BCUT2D eigenvalue weighted by atomic mass is 16.5. The van der Waals surface area contributed by atoms with E-state index < -0.39 is 11.8 Å². The van der Waals surface area contributed by atoms with Crippen molar-refractivity contribution < 1.29 is 14.3 Å². The Morgan fingerprint density at radius 3 is 2.56 bits per heavy atom. The number of aromatic amines is 1. The second-order valence-electron chi connectivity index (χ2n) is 5.80. The van der Waals surface area contributed by atoms with Gasteiger partial charge in [-0.1, -0.05) is 13.8 Å². The largest absolute Gasteiger partial charge is 0.494 e. The molecule has 0 aliphatic carbocycles. The minimum atomic E-state index is -0.689. The molecular formula is C18H21N3O4. The lowest BCUT2D eigenvalue weighted by Crippen LogP contribution is -2.21.